The van der Waals surface area contributed by atoms with E-state index in [4.69, 9.17) is 28.9 Å². The number of imidazole rings is 1. The van der Waals surface area contributed by atoms with Gasteiger partial charge in [0.2, 0.25) is 5.95 Å². The molecule has 0 fully saturated rings. The van der Waals surface area contributed by atoms with E-state index in [0.29, 0.717) is 28.1 Å². The molecular formula is C14H10Cl2FN3. The van der Waals surface area contributed by atoms with Gasteiger partial charge in [-0.2, -0.15) is 0 Å². The Labute approximate surface area is 124 Å². The van der Waals surface area contributed by atoms with Crippen molar-refractivity contribution in [2.45, 2.75) is 6.54 Å². The summed E-state index contributed by atoms with van der Waals surface area (Å²) < 4.78 is 14.7. The molecule has 1 heterocycles. The summed E-state index contributed by atoms with van der Waals surface area (Å²) in [5.41, 5.74) is 8.32. The van der Waals surface area contributed by atoms with Gasteiger partial charge in [-0.15, -0.1) is 0 Å². The Morgan fingerprint density at radius 1 is 1.10 bits per heavy atom. The second kappa shape index (κ2) is 4.96. The molecule has 1 aromatic heterocycles. The first-order chi connectivity index (χ1) is 9.54. The Kier molecular flexibility index (Phi) is 3.28. The Hall–Kier alpha value is -1.78. The molecule has 0 bridgehead atoms. The Balaban J connectivity index is 2.08. The molecule has 3 aromatic rings. The second-order valence-corrected chi connectivity index (χ2v) is 5.25. The summed E-state index contributed by atoms with van der Waals surface area (Å²) in [5, 5.41) is 0.880. The van der Waals surface area contributed by atoms with Gasteiger partial charge < -0.3 is 10.3 Å². The van der Waals surface area contributed by atoms with Gasteiger partial charge in [0.1, 0.15) is 5.82 Å². The second-order valence-electron chi connectivity index (χ2n) is 4.44. The molecule has 2 N–H and O–H groups in total. The molecule has 0 saturated heterocycles. The van der Waals surface area contributed by atoms with Gasteiger partial charge >= 0.3 is 0 Å². The van der Waals surface area contributed by atoms with Gasteiger partial charge in [-0.1, -0.05) is 35.3 Å². The van der Waals surface area contributed by atoms with Crippen LogP contribution in [-0.4, -0.2) is 9.55 Å². The Morgan fingerprint density at radius 3 is 2.45 bits per heavy atom. The lowest BCUT2D eigenvalue weighted by atomic mass is 10.2. The smallest absolute Gasteiger partial charge is 0.201 e. The highest BCUT2D eigenvalue weighted by Crippen LogP contribution is 2.29. The fourth-order valence-corrected chi connectivity index (χ4v) is 2.39. The Bertz CT molecular complexity index is 781. The van der Waals surface area contributed by atoms with Crippen LogP contribution in [0.2, 0.25) is 10.0 Å². The lowest BCUT2D eigenvalue weighted by Crippen LogP contribution is -2.04. The molecule has 20 heavy (non-hydrogen) atoms. The topological polar surface area (TPSA) is 43.8 Å². The lowest BCUT2D eigenvalue weighted by molar-refractivity contribution is 0.626. The van der Waals surface area contributed by atoms with Crippen LogP contribution in [0.25, 0.3) is 11.0 Å². The van der Waals surface area contributed by atoms with Crippen LogP contribution in [0.3, 0.4) is 0 Å². The third kappa shape index (κ3) is 2.32. The summed E-state index contributed by atoms with van der Waals surface area (Å²) in [7, 11) is 0. The quantitative estimate of drug-likeness (QED) is 0.774. The zero-order valence-electron chi connectivity index (χ0n) is 10.3. The molecule has 6 heteroatoms. The number of hydrogen-bond donors (Lipinski definition) is 1. The summed E-state index contributed by atoms with van der Waals surface area (Å²) in [6.45, 7) is 0.487. The number of nitrogens with zero attached hydrogens (tertiary/aromatic N) is 2. The number of halogens is 3. The van der Waals surface area contributed by atoms with Gasteiger partial charge in [-0.05, 0) is 29.8 Å². The van der Waals surface area contributed by atoms with Gasteiger partial charge in [0.05, 0.1) is 27.6 Å². The molecule has 0 aliphatic rings. The molecule has 0 spiro atoms. The molecule has 0 radical (unpaired) electrons. The highest BCUT2D eigenvalue weighted by Gasteiger charge is 2.11. The molecule has 0 atom stereocenters. The number of aromatic nitrogens is 2. The number of nitrogens with two attached hydrogens (primary N) is 1. The molecule has 3 nitrogen and oxygen atoms in total. The molecule has 0 aliphatic carbocycles. The van der Waals surface area contributed by atoms with Crippen molar-refractivity contribution in [2.24, 2.45) is 0 Å². The van der Waals surface area contributed by atoms with Crippen molar-refractivity contribution in [3.8, 4) is 0 Å². The standard InChI is InChI=1S/C14H10Cl2FN3/c15-10-5-12-13(6-11(10)16)20(14(18)19-12)7-8-1-3-9(17)4-2-8/h1-6H,7H2,(H2,18,19). The van der Waals surface area contributed by atoms with Gasteiger partial charge in [-0.3, -0.25) is 0 Å². The first kappa shape index (κ1) is 13.2. The lowest BCUT2D eigenvalue weighted by Gasteiger charge is -2.07. The minimum atomic E-state index is -0.271. The van der Waals surface area contributed by atoms with Crippen molar-refractivity contribution in [1.29, 1.82) is 0 Å². The van der Waals surface area contributed by atoms with Crippen LogP contribution in [0.5, 0.6) is 0 Å². The molecule has 3 rings (SSSR count). The van der Waals surface area contributed by atoms with Crippen molar-refractivity contribution in [1.82, 2.24) is 9.55 Å². The van der Waals surface area contributed by atoms with Crippen molar-refractivity contribution in [3.05, 3.63) is 57.8 Å². The first-order valence-electron chi connectivity index (χ1n) is 5.90. The van der Waals surface area contributed by atoms with Gasteiger partial charge in [0, 0.05) is 0 Å². The van der Waals surface area contributed by atoms with Crippen LogP contribution >= 0.6 is 23.2 Å². The minimum Gasteiger partial charge on any atom is -0.369 e. The molecule has 0 saturated carbocycles. The molecular weight excluding hydrogens is 300 g/mol. The number of nitrogen functional groups attached to an aromatic ring is 1. The maximum absolute atomic E-state index is 12.9. The molecule has 0 amide bonds. The van der Waals surface area contributed by atoms with E-state index in [9.17, 15) is 4.39 Å². The third-order valence-corrected chi connectivity index (χ3v) is 3.80. The summed E-state index contributed by atoms with van der Waals surface area (Å²) in [5.74, 6) is 0.0923. The average Bonchev–Trinajstić information content (AvgIpc) is 2.69. The predicted molar refractivity (Wildman–Crippen MR) is 79.7 cm³/mol. The van der Waals surface area contributed by atoms with Crippen molar-refractivity contribution in [2.75, 3.05) is 5.73 Å². The number of rotatable bonds is 2. The summed E-state index contributed by atoms with van der Waals surface area (Å²) in [4.78, 5) is 4.25. The van der Waals surface area contributed by atoms with Crippen LogP contribution in [-0.2, 0) is 6.54 Å². The SMILES string of the molecule is Nc1nc2cc(Cl)c(Cl)cc2n1Cc1ccc(F)cc1. The summed E-state index contributed by atoms with van der Waals surface area (Å²) >= 11 is 12.0. The predicted octanol–water partition coefficient (Wildman–Crippen LogP) is 4.11. The maximum atomic E-state index is 12.9. The van der Waals surface area contributed by atoms with Gasteiger partial charge in [0.25, 0.3) is 0 Å². The third-order valence-electron chi connectivity index (χ3n) is 3.07. The molecule has 2 aromatic carbocycles. The van der Waals surface area contributed by atoms with E-state index < -0.39 is 0 Å². The van der Waals surface area contributed by atoms with Gasteiger partial charge in [-0.25, -0.2) is 9.37 Å². The van der Waals surface area contributed by atoms with Crippen LogP contribution in [0.1, 0.15) is 5.56 Å². The average molecular weight is 310 g/mol. The van der Waals surface area contributed by atoms with Crippen molar-refractivity contribution < 1.29 is 4.39 Å². The van der Waals surface area contributed by atoms with Gasteiger partial charge in [0.15, 0.2) is 0 Å². The first-order valence-corrected chi connectivity index (χ1v) is 6.65. The normalized spacial score (nSPS) is 11.2. The largest absolute Gasteiger partial charge is 0.369 e. The fourth-order valence-electron chi connectivity index (χ4n) is 2.08. The van der Waals surface area contributed by atoms with Crippen LogP contribution in [0.15, 0.2) is 36.4 Å². The van der Waals surface area contributed by atoms with E-state index in [1.807, 2.05) is 4.57 Å². The number of benzene rings is 2. The van der Waals surface area contributed by atoms with Crippen LogP contribution in [0.4, 0.5) is 10.3 Å². The number of fused-ring (bicyclic) bond motifs is 1. The highest BCUT2D eigenvalue weighted by atomic mass is 35.5. The van der Waals surface area contributed by atoms with Crippen molar-refractivity contribution in [3.63, 3.8) is 0 Å². The summed E-state index contributed by atoms with van der Waals surface area (Å²) in [6, 6.07) is 9.64. The Morgan fingerprint density at radius 2 is 1.75 bits per heavy atom. The van der Waals surface area contributed by atoms with E-state index in [0.717, 1.165) is 11.1 Å². The van der Waals surface area contributed by atoms with E-state index in [-0.39, 0.29) is 5.82 Å². The molecule has 0 unspecified atom stereocenters. The zero-order chi connectivity index (χ0) is 14.3. The highest BCUT2D eigenvalue weighted by molar-refractivity contribution is 6.42. The molecule has 102 valence electrons. The number of hydrogen-bond acceptors (Lipinski definition) is 2. The maximum Gasteiger partial charge on any atom is 0.201 e. The van der Waals surface area contributed by atoms with Crippen LogP contribution in [0, 0.1) is 5.82 Å². The van der Waals surface area contributed by atoms with Crippen LogP contribution < -0.4 is 5.73 Å². The minimum absolute atomic E-state index is 0.271. The fraction of sp³-hybridized carbons (Fsp3) is 0.0714. The van der Waals surface area contributed by atoms with E-state index in [1.54, 1.807) is 24.3 Å². The van der Waals surface area contributed by atoms with E-state index in [2.05, 4.69) is 4.98 Å². The zero-order valence-corrected chi connectivity index (χ0v) is 11.8. The summed E-state index contributed by atoms with van der Waals surface area (Å²) in [6.07, 6.45) is 0. The van der Waals surface area contributed by atoms with E-state index >= 15 is 0 Å². The monoisotopic (exact) mass is 309 g/mol. The molecule has 0 aliphatic heterocycles. The van der Waals surface area contributed by atoms with Crippen molar-refractivity contribution >= 4 is 40.2 Å². The van der Waals surface area contributed by atoms with E-state index in [1.165, 1.54) is 12.1 Å². The number of anilines is 1.